The average Bonchev–Trinajstić information content (AvgIpc) is 2.64. The topological polar surface area (TPSA) is 70.6 Å². The first-order valence-corrected chi connectivity index (χ1v) is 10.1. The van der Waals surface area contributed by atoms with Crippen molar-refractivity contribution in [3.63, 3.8) is 0 Å². The summed E-state index contributed by atoms with van der Waals surface area (Å²) < 4.78 is 37.5. The van der Waals surface area contributed by atoms with Gasteiger partial charge in [0.25, 0.3) is 0 Å². The second-order valence-electron chi connectivity index (χ2n) is 5.79. The van der Waals surface area contributed by atoms with Crippen molar-refractivity contribution in [2.24, 2.45) is 4.99 Å². The summed E-state index contributed by atoms with van der Waals surface area (Å²) in [6.45, 7) is 1.09. The van der Waals surface area contributed by atoms with Crippen molar-refractivity contribution in [3.05, 3.63) is 66.0 Å². The van der Waals surface area contributed by atoms with Crippen LogP contribution in [0.5, 0.6) is 0 Å². The Morgan fingerprint density at radius 2 is 1.77 bits per heavy atom. The Kier molecular flexibility index (Phi) is 7.59. The van der Waals surface area contributed by atoms with Gasteiger partial charge in [0.1, 0.15) is 5.82 Å². The van der Waals surface area contributed by atoms with E-state index in [1.165, 1.54) is 12.1 Å². The van der Waals surface area contributed by atoms with E-state index in [2.05, 4.69) is 15.6 Å². The number of nitrogens with one attached hydrogen (secondary N) is 2. The lowest BCUT2D eigenvalue weighted by molar-refractivity contribution is 0.592. The van der Waals surface area contributed by atoms with Crippen LogP contribution in [-0.2, 0) is 16.3 Å². The van der Waals surface area contributed by atoms with Crippen LogP contribution in [0, 0.1) is 5.82 Å². The summed E-state index contributed by atoms with van der Waals surface area (Å²) >= 11 is 0. The summed E-state index contributed by atoms with van der Waals surface area (Å²) in [6.07, 6.45) is 1.14. The summed E-state index contributed by atoms with van der Waals surface area (Å²) in [6, 6.07) is 14.9. The average molecular weight is 377 g/mol. The minimum Gasteiger partial charge on any atom is -0.356 e. The molecule has 0 spiro atoms. The number of rotatable bonds is 8. The van der Waals surface area contributed by atoms with E-state index >= 15 is 0 Å². The molecule has 7 heteroatoms. The number of hydrogen-bond acceptors (Lipinski definition) is 3. The molecule has 2 rings (SSSR count). The molecule has 0 saturated heterocycles. The number of nitrogens with zero attached hydrogens (tertiary/aromatic N) is 1. The van der Waals surface area contributed by atoms with E-state index in [1.54, 1.807) is 43.4 Å². The van der Waals surface area contributed by atoms with Crippen molar-refractivity contribution < 1.29 is 12.8 Å². The number of benzene rings is 2. The zero-order chi connectivity index (χ0) is 18.8. The maximum Gasteiger partial charge on any atom is 0.190 e. The molecule has 0 radical (unpaired) electrons. The lowest BCUT2D eigenvalue weighted by Gasteiger charge is -2.12. The van der Waals surface area contributed by atoms with E-state index < -0.39 is 9.84 Å². The zero-order valence-electron chi connectivity index (χ0n) is 14.8. The second kappa shape index (κ2) is 9.91. The fourth-order valence-electron chi connectivity index (χ4n) is 2.45. The van der Waals surface area contributed by atoms with E-state index in [1.807, 2.05) is 6.07 Å². The van der Waals surface area contributed by atoms with Crippen molar-refractivity contribution in [1.82, 2.24) is 10.6 Å². The third-order valence-electron chi connectivity index (χ3n) is 3.80. The number of hydrogen-bond donors (Lipinski definition) is 2. The highest BCUT2D eigenvalue weighted by atomic mass is 32.2. The summed E-state index contributed by atoms with van der Waals surface area (Å²) in [5, 5.41) is 6.23. The summed E-state index contributed by atoms with van der Waals surface area (Å²) in [4.78, 5) is 4.44. The van der Waals surface area contributed by atoms with Crippen LogP contribution < -0.4 is 10.6 Å². The molecular weight excluding hydrogens is 353 g/mol. The molecule has 0 atom stereocenters. The molecule has 26 heavy (non-hydrogen) atoms. The molecule has 0 bridgehead atoms. The SMILES string of the molecule is CN=C(NCCCS(=O)(=O)c1ccccc1)NCCc1cccc(F)c1. The molecule has 0 aliphatic heterocycles. The Morgan fingerprint density at radius 1 is 1.04 bits per heavy atom. The zero-order valence-corrected chi connectivity index (χ0v) is 15.6. The molecule has 0 aliphatic rings. The Hall–Kier alpha value is -2.41. The number of aliphatic imine (C=N–C) groups is 1. The monoisotopic (exact) mass is 377 g/mol. The summed E-state index contributed by atoms with van der Waals surface area (Å²) in [5.41, 5.74) is 0.905. The molecule has 0 aliphatic carbocycles. The van der Waals surface area contributed by atoms with Gasteiger partial charge in [-0.3, -0.25) is 4.99 Å². The van der Waals surface area contributed by atoms with E-state index in [0.29, 0.717) is 36.8 Å². The van der Waals surface area contributed by atoms with Gasteiger partial charge in [0.05, 0.1) is 10.6 Å². The fourth-order valence-corrected chi connectivity index (χ4v) is 3.78. The predicted octanol–water partition coefficient (Wildman–Crippen LogP) is 2.40. The molecular formula is C19H24FN3O2S. The normalized spacial score (nSPS) is 12.0. The van der Waals surface area contributed by atoms with Gasteiger partial charge in [0.2, 0.25) is 0 Å². The first-order valence-electron chi connectivity index (χ1n) is 8.48. The molecule has 0 unspecified atom stereocenters. The highest BCUT2D eigenvalue weighted by Crippen LogP contribution is 2.10. The van der Waals surface area contributed by atoms with Gasteiger partial charge < -0.3 is 10.6 Å². The van der Waals surface area contributed by atoms with E-state index in [4.69, 9.17) is 0 Å². The Morgan fingerprint density at radius 3 is 2.46 bits per heavy atom. The largest absolute Gasteiger partial charge is 0.356 e. The number of guanidine groups is 1. The summed E-state index contributed by atoms with van der Waals surface area (Å²) in [7, 11) is -1.61. The quantitative estimate of drug-likeness (QED) is 0.421. The Bertz CT molecular complexity index is 824. The molecule has 0 fully saturated rings. The third kappa shape index (κ3) is 6.48. The minimum atomic E-state index is -3.26. The van der Waals surface area contributed by atoms with Gasteiger partial charge in [0.15, 0.2) is 15.8 Å². The molecule has 0 aromatic heterocycles. The van der Waals surface area contributed by atoms with Crippen molar-refractivity contribution in [2.45, 2.75) is 17.7 Å². The van der Waals surface area contributed by atoms with Crippen LogP contribution in [-0.4, -0.2) is 40.3 Å². The highest BCUT2D eigenvalue weighted by Gasteiger charge is 2.13. The minimum absolute atomic E-state index is 0.0737. The molecule has 5 nitrogen and oxygen atoms in total. The molecule has 2 aromatic rings. The smallest absolute Gasteiger partial charge is 0.190 e. The molecule has 140 valence electrons. The molecule has 0 heterocycles. The van der Waals surface area contributed by atoms with E-state index in [-0.39, 0.29) is 11.6 Å². The van der Waals surface area contributed by atoms with Gasteiger partial charge >= 0.3 is 0 Å². The van der Waals surface area contributed by atoms with E-state index in [9.17, 15) is 12.8 Å². The van der Waals surface area contributed by atoms with Crippen LogP contribution in [0.4, 0.5) is 4.39 Å². The molecule has 0 saturated carbocycles. The van der Waals surface area contributed by atoms with Crippen molar-refractivity contribution >= 4 is 15.8 Å². The molecule has 2 aromatic carbocycles. The molecule has 0 amide bonds. The first-order chi connectivity index (χ1) is 12.5. The predicted molar refractivity (Wildman–Crippen MR) is 103 cm³/mol. The Labute approximate surface area is 154 Å². The van der Waals surface area contributed by atoms with Crippen LogP contribution in [0.3, 0.4) is 0 Å². The van der Waals surface area contributed by atoms with Gasteiger partial charge in [-0.2, -0.15) is 0 Å². The van der Waals surface area contributed by atoms with Crippen LogP contribution in [0.25, 0.3) is 0 Å². The first kappa shape index (κ1) is 19.9. The van der Waals surface area contributed by atoms with Crippen molar-refractivity contribution in [3.8, 4) is 0 Å². The van der Waals surface area contributed by atoms with Crippen LogP contribution >= 0.6 is 0 Å². The van der Waals surface area contributed by atoms with Crippen LogP contribution in [0.15, 0.2) is 64.5 Å². The lowest BCUT2D eigenvalue weighted by atomic mass is 10.1. The van der Waals surface area contributed by atoms with Gasteiger partial charge in [-0.25, -0.2) is 12.8 Å². The standard InChI is InChI=1S/C19H24FN3O2S/c1-21-19(23-13-11-16-7-5-8-17(20)15-16)22-12-6-14-26(24,25)18-9-3-2-4-10-18/h2-5,7-10,15H,6,11-14H2,1H3,(H2,21,22,23). The fraction of sp³-hybridized carbons (Fsp3) is 0.316. The second-order valence-corrected chi connectivity index (χ2v) is 7.90. The van der Waals surface area contributed by atoms with Gasteiger partial charge in [-0.15, -0.1) is 0 Å². The molecule has 2 N–H and O–H groups in total. The van der Waals surface area contributed by atoms with E-state index in [0.717, 1.165) is 5.56 Å². The van der Waals surface area contributed by atoms with Crippen molar-refractivity contribution in [2.75, 3.05) is 25.9 Å². The maximum atomic E-state index is 13.1. The van der Waals surface area contributed by atoms with Crippen molar-refractivity contribution in [1.29, 1.82) is 0 Å². The van der Waals surface area contributed by atoms with Gasteiger partial charge in [0, 0.05) is 20.1 Å². The Balaban J connectivity index is 1.70. The summed E-state index contributed by atoms with van der Waals surface area (Å²) in [5.74, 6) is 0.424. The van der Waals surface area contributed by atoms with Crippen LogP contribution in [0.1, 0.15) is 12.0 Å². The highest BCUT2D eigenvalue weighted by molar-refractivity contribution is 7.91. The van der Waals surface area contributed by atoms with Crippen LogP contribution in [0.2, 0.25) is 0 Å². The van der Waals surface area contributed by atoms with Gasteiger partial charge in [-0.1, -0.05) is 30.3 Å². The third-order valence-corrected chi connectivity index (χ3v) is 5.62. The number of halogens is 1. The maximum absolute atomic E-state index is 13.1. The van der Waals surface area contributed by atoms with Gasteiger partial charge in [-0.05, 0) is 42.7 Å². The number of sulfone groups is 1. The lowest BCUT2D eigenvalue weighted by Crippen LogP contribution is -2.39.